The maximum absolute atomic E-state index is 12.8. The number of ether oxygens (including phenoxy) is 1. The van der Waals surface area contributed by atoms with E-state index in [1.807, 2.05) is 41.8 Å². The predicted molar refractivity (Wildman–Crippen MR) is 130 cm³/mol. The van der Waals surface area contributed by atoms with Gasteiger partial charge in [0, 0.05) is 10.8 Å². The molecule has 1 aromatic heterocycles. The second kappa shape index (κ2) is 10.5. The molecule has 0 bridgehead atoms. The van der Waals surface area contributed by atoms with E-state index in [9.17, 15) is 19.5 Å². The zero-order valence-electron chi connectivity index (χ0n) is 18.7. The molecule has 2 atom stereocenters. The van der Waals surface area contributed by atoms with E-state index in [2.05, 4.69) is 22.8 Å². The van der Waals surface area contributed by atoms with E-state index >= 15 is 0 Å². The number of aliphatic carboxylic acids is 1. The minimum absolute atomic E-state index is 0.0779. The Morgan fingerprint density at radius 1 is 0.971 bits per heavy atom. The van der Waals surface area contributed by atoms with Gasteiger partial charge in [0.1, 0.15) is 12.6 Å². The number of nitrogens with one attached hydrogen (secondary N) is 2. The number of hydrogen-bond donors (Lipinski definition) is 3. The Morgan fingerprint density at radius 2 is 1.62 bits per heavy atom. The minimum Gasteiger partial charge on any atom is -0.481 e. The lowest BCUT2D eigenvalue weighted by molar-refractivity contribution is -0.137. The number of alkyl carbamates (subject to hydrolysis) is 1. The zero-order chi connectivity index (χ0) is 24.1. The molecule has 176 valence electrons. The van der Waals surface area contributed by atoms with Crippen LogP contribution < -0.4 is 10.6 Å². The van der Waals surface area contributed by atoms with Crippen LogP contribution in [0.1, 0.15) is 47.7 Å². The third-order valence-corrected chi connectivity index (χ3v) is 6.93. The fraction of sp³-hybridized carbons (Fsp3) is 0.269. The van der Waals surface area contributed by atoms with Crippen LogP contribution in [0.4, 0.5) is 4.79 Å². The minimum atomic E-state index is -1.02. The third kappa shape index (κ3) is 5.12. The van der Waals surface area contributed by atoms with Crippen molar-refractivity contribution >= 4 is 29.3 Å². The average molecular weight is 479 g/mol. The molecule has 0 fully saturated rings. The van der Waals surface area contributed by atoms with Crippen molar-refractivity contribution in [2.24, 2.45) is 0 Å². The van der Waals surface area contributed by atoms with Gasteiger partial charge in [-0.3, -0.25) is 9.59 Å². The summed E-state index contributed by atoms with van der Waals surface area (Å²) in [5.41, 5.74) is 4.48. The molecule has 1 heterocycles. The van der Waals surface area contributed by atoms with Crippen LogP contribution in [0.3, 0.4) is 0 Å². The van der Waals surface area contributed by atoms with Crippen molar-refractivity contribution in [2.45, 2.75) is 37.8 Å². The number of amides is 2. The number of carboxylic acid groups (broad SMARTS) is 1. The van der Waals surface area contributed by atoms with E-state index < -0.39 is 30.1 Å². The molecule has 0 saturated heterocycles. The van der Waals surface area contributed by atoms with Crippen molar-refractivity contribution in [3.05, 3.63) is 82.0 Å². The lowest BCUT2D eigenvalue weighted by Crippen LogP contribution is -2.47. The molecule has 4 rings (SSSR count). The number of thiophene rings is 1. The highest BCUT2D eigenvalue weighted by molar-refractivity contribution is 7.10. The molecule has 8 heteroatoms. The molecular weight excluding hydrogens is 452 g/mol. The molecule has 34 heavy (non-hydrogen) atoms. The first-order chi connectivity index (χ1) is 16.5. The number of hydrogen-bond acceptors (Lipinski definition) is 5. The highest BCUT2D eigenvalue weighted by Crippen LogP contribution is 2.44. The summed E-state index contributed by atoms with van der Waals surface area (Å²) in [7, 11) is 0. The van der Waals surface area contributed by atoms with E-state index in [0.29, 0.717) is 6.42 Å². The predicted octanol–water partition coefficient (Wildman–Crippen LogP) is 4.70. The Labute approximate surface area is 201 Å². The summed E-state index contributed by atoms with van der Waals surface area (Å²) >= 11 is 1.37. The Kier molecular flexibility index (Phi) is 7.27. The monoisotopic (exact) mass is 478 g/mol. The first-order valence-electron chi connectivity index (χ1n) is 11.1. The highest BCUT2D eigenvalue weighted by Gasteiger charge is 2.30. The van der Waals surface area contributed by atoms with Crippen molar-refractivity contribution < 1.29 is 24.2 Å². The standard InChI is InChI=1S/C26H26N2O5S/c1-2-21(25(31)27-22(14-24(29)30)23-12-7-13-34-23)28-26(32)33-15-20-18-10-5-3-8-16(18)17-9-4-6-11-19(17)20/h3-13,20-22H,2,14-15H2,1H3,(H,27,31)(H,28,32)(H,29,30). The van der Waals surface area contributed by atoms with Crippen LogP contribution in [-0.2, 0) is 14.3 Å². The summed E-state index contributed by atoms with van der Waals surface area (Å²) in [5, 5.41) is 16.4. The largest absolute Gasteiger partial charge is 0.481 e. The Bertz CT molecular complexity index is 1130. The van der Waals surface area contributed by atoms with Gasteiger partial charge in [-0.1, -0.05) is 61.5 Å². The summed E-state index contributed by atoms with van der Waals surface area (Å²) in [6.07, 6.45) is -0.594. The van der Waals surface area contributed by atoms with Gasteiger partial charge >= 0.3 is 12.1 Å². The molecule has 0 aliphatic heterocycles. The van der Waals surface area contributed by atoms with E-state index in [4.69, 9.17) is 4.74 Å². The van der Waals surface area contributed by atoms with Crippen molar-refractivity contribution in [3.8, 4) is 11.1 Å². The highest BCUT2D eigenvalue weighted by atomic mass is 32.1. The number of fused-ring (bicyclic) bond motifs is 3. The number of carbonyl (C=O) groups excluding carboxylic acids is 2. The van der Waals surface area contributed by atoms with Crippen LogP contribution in [0.15, 0.2) is 66.0 Å². The number of carboxylic acids is 1. The van der Waals surface area contributed by atoms with E-state index in [-0.39, 0.29) is 18.9 Å². The first-order valence-corrected chi connectivity index (χ1v) is 12.0. The van der Waals surface area contributed by atoms with Crippen LogP contribution in [0.25, 0.3) is 11.1 Å². The molecule has 2 amide bonds. The maximum Gasteiger partial charge on any atom is 0.407 e. The van der Waals surface area contributed by atoms with Crippen LogP contribution in [0.2, 0.25) is 0 Å². The molecule has 1 aliphatic carbocycles. The molecule has 1 aliphatic rings. The van der Waals surface area contributed by atoms with E-state index in [1.165, 1.54) is 11.3 Å². The molecule has 3 N–H and O–H groups in total. The van der Waals surface area contributed by atoms with Crippen LogP contribution in [0, 0.1) is 0 Å². The van der Waals surface area contributed by atoms with Gasteiger partial charge in [0.25, 0.3) is 0 Å². The molecule has 2 unspecified atom stereocenters. The van der Waals surface area contributed by atoms with Crippen LogP contribution >= 0.6 is 11.3 Å². The molecule has 0 spiro atoms. The van der Waals surface area contributed by atoms with Crippen molar-refractivity contribution in [2.75, 3.05) is 6.61 Å². The molecule has 7 nitrogen and oxygen atoms in total. The number of carbonyl (C=O) groups is 3. The summed E-state index contributed by atoms with van der Waals surface area (Å²) in [6, 6.07) is 18.2. The van der Waals surface area contributed by atoms with Gasteiger partial charge in [-0.25, -0.2) is 4.79 Å². The average Bonchev–Trinajstić information content (AvgIpc) is 3.47. The van der Waals surface area contributed by atoms with Gasteiger partial charge in [0.05, 0.1) is 12.5 Å². The topological polar surface area (TPSA) is 105 Å². The molecular formula is C26H26N2O5S. The number of rotatable bonds is 9. The fourth-order valence-corrected chi connectivity index (χ4v) is 5.07. The summed E-state index contributed by atoms with van der Waals surface area (Å²) in [5.74, 6) is -1.54. The first kappa shape index (κ1) is 23.5. The van der Waals surface area contributed by atoms with E-state index in [0.717, 1.165) is 27.1 Å². The lowest BCUT2D eigenvalue weighted by Gasteiger charge is -2.22. The van der Waals surface area contributed by atoms with Crippen LogP contribution in [0.5, 0.6) is 0 Å². The SMILES string of the molecule is CCC(NC(=O)OCC1c2ccccc2-c2ccccc21)C(=O)NC(CC(=O)O)c1cccs1. The molecule has 2 aromatic carbocycles. The lowest BCUT2D eigenvalue weighted by atomic mass is 9.98. The summed E-state index contributed by atoms with van der Waals surface area (Å²) in [4.78, 5) is 37.4. The van der Waals surface area contributed by atoms with Gasteiger partial charge in [-0.15, -0.1) is 11.3 Å². The van der Waals surface area contributed by atoms with Crippen molar-refractivity contribution in [3.63, 3.8) is 0 Å². The second-order valence-corrected chi connectivity index (χ2v) is 9.08. The van der Waals surface area contributed by atoms with Crippen molar-refractivity contribution in [1.29, 1.82) is 0 Å². The quantitative estimate of drug-likeness (QED) is 0.414. The summed E-state index contributed by atoms with van der Waals surface area (Å²) < 4.78 is 5.54. The second-order valence-electron chi connectivity index (χ2n) is 8.11. The normalized spacial score (nSPS) is 13.9. The Morgan fingerprint density at radius 3 is 2.18 bits per heavy atom. The molecule has 3 aromatic rings. The molecule has 0 radical (unpaired) electrons. The Hall–Kier alpha value is -3.65. The zero-order valence-corrected chi connectivity index (χ0v) is 19.5. The Balaban J connectivity index is 1.38. The molecule has 0 saturated carbocycles. The van der Waals surface area contributed by atoms with Crippen molar-refractivity contribution in [1.82, 2.24) is 10.6 Å². The van der Waals surface area contributed by atoms with Gasteiger partial charge in [0.2, 0.25) is 5.91 Å². The van der Waals surface area contributed by atoms with Gasteiger partial charge in [-0.05, 0) is 40.1 Å². The van der Waals surface area contributed by atoms with Gasteiger partial charge < -0.3 is 20.5 Å². The van der Waals surface area contributed by atoms with E-state index in [1.54, 1.807) is 19.1 Å². The summed E-state index contributed by atoms with van der Waals surface area (Å²) in [6.45, 7) is 1.92. The third-order valence-electron chi connectivity index (χ3n) is 5.94. The maximum atomic E-state index is 12.8. The number of benzene rings is 2. The smallest absolute Gasteiger partial charge is 0.407 e. The van der Waals surface area contributed by atoms with Gasteiger partial charge in [0.15, 0.2) is 0 Å². The van der Waals surface area contributed by atoms with Crippen LogP contribution in [-0.4, -0.2) is 35.7 Å². The fourth-order valence-electron chi connectivity index (χ4n) is 4.29. The van der Waals surface area contributed by atoms with Gasteiger partial charge in [-0.2, -0.15) is 0 Å².